The smallest absolute Gasteiger partial charge is 0.165 e. The van der Waals surface area contributed by atoms with E-state index in [1.54, 1.807) is 10.9 Å². The van der Waals surface area contributed by atoms with E-state index in [0.29, 0.717) is 11.5 Å². The Hall–Kier alpha value is -1.81. The summed E-state index contributed by atoms with van der Waals surface area (Å²) in [7, 11) is 0. The molecule has 2 rings (SSSR count). The van der Waals surface area contributed by atoms with Crippen molar-refractivity contribution >= 4 is 0 Å². The zero-order valence-electron chi connectivity index (χ0n) is 9.13. The van der Waals surface area contributed by atoms with Crippen molar-refractivity contribution in [1.82, 2.24) is 9.78 Å². The molecule has 0 aliphatic rings. The standard InChI is InChI=1S/C12H14N2O2/c1-2-14-8-11(7-13-14)16-12-6-4-3-5-10(12)9-15/h3-8,15H,2,9H2,1H3. The van der Waals surface area contributed by atoms with Gasteiger partial charge in [0.15, 0.2) is 5.75 Å². The second kappa shape index (κ2) is 4.81. The molecule has 4 nitrogen and oxygen atoms in total. The fraction of sp³-hybridized carbons (Fsp3) is 0.250. The minimum atomic E-state index is -0.0297. The molecule has 0 bridgehead atoms. The van der Waals surface area contributed by atoms with Crippen LogP contribution in [0.3, 0.4) is 0 Å². The topological polar surface area (TPSA) is 47.3 Å². The molecular weight excluding hydrogens is 204 g/mol. The number of aliphatic hydroxyl groups is 1. The van der Waals surface area contributed by atoms with Crippen LogP contribution in [-0.2, 0) is 13.2 Å². The van der Waals surface area contributed by atoms with Gasteiger partial charge in [-0.15, -0.1) is 0 Å². The van der Waals surface area contributed by atoms with E-state index in [9.17, 15) is 0 Å². The SMILES string of the molecule is CCn1cc(Oc2ccccc2CO)cn1. The van der Waals surface area contributed by atoms with E-state index in [1.807, 2.05) is 37.4 Å². The predicted octanol–water partition coefficient (Wildman–Crippen LogP) is 2.19. The summed E-state index contributed by atoms with van der Waals surface area (Å²) in [5, 5.41) is 13.3. The van der Waals surface area contributed by atoms with E-state index >= 15 is 0 Å². The molecule has 0 aliphatic heterocycles. The maximum atomic E-state index is 9.15. The second-order valence-corrected chi connectivity index (χ2v) is 3.40. The molecular formula is C12H14N2O2. The molecule has 0 unspecified atom stereocenters. The number of aromatic nitrogens is 2. The molecule has 0 radical (unpaired) electrons. The number of para-hydroxylation sites is 1. The number of nitrogens with zero attached hydrogens (tertiary/aromatic N) is 2. The summed E-state index contributed by atoms with van der Waals surface area (Å²) in [6, 6.07) is 7.40. The molecule has 0 atom stereocenters. The van der Waals surface area contributed by atoms with Crippen LogP contribution in [0.25, 0.3) is 0 Å². The molecule has 1 heterocycles. The third-order valence-corrected chi connectivity index (χ3v) is 2.30. The van der Waals surface area contributed by atoms with Crippen LogP contribution < -0.4 is 4.74 Å². The summed E-state index contributed by atoms with van der Waals surface area (Å²) in [5.74, 6) is 1.35. The fourth-order valence-electron chi connectivity index (χ4n) is 1.43. The Morgan fingerprint density at radius 1 is 1.38 bits per heavy atom. The van der Waals surface area contributed by atoms with Crippen molar-refractivity contribution in [3.63, 3.8) is 0 Å². The maximum absolute atomic E-state index is 9.15. The number of hydrogen-bond donors (Lipinski definition) is 1. The second-order valence-electron chi connectivity index (χ2n) is 3.40. The van der Waals surface area contributed by atoms with Gasteiger partial charge in [0.25, 0.3) is 0 Å². The van der Waals surface area contributed by atoms with Gasteiger partial charge in [0.05, 0.1) is 19.0 Å². The number of aryl methyl sites for hydroxylation is 1. The Kier molecular flexibility index (Phi) is 3.22. The van der Waals surface area contributed by atoms with Gasteiger partial charge in [-0.3, -0.25) is 4.68 Å². The van der Waals surface area contributed by atoms with E-state index in [1.165, 1.54) is 0 Å². The fourth-order valence-corrected chi connectivity index (χ4v) is 1.43. The minimum Gasteiger partial charge on any atom is -0.454 e. The highest BCUT2D eigenvalue weighted by Crippen LogP contribution is 2.24. The van der Waals surface area contributed by atoms with Crippen molar-refractivity contribution in [2.24, 2.45) is 0 Å². The van der Waals surface area contributed by atoms with E-state index in [4.69, 9.17) is 9.84 Å². The molecule has 0 spiro atoms. The molecule has 0 aliphatic carbocycles. The number of rotatable bonds is 4. The Labute approximate surface area is 94.1 Å². The molecule has 84 valence electrons. The van der Waals surface area contributed by atoms with E-state index in [0.717, 1.165) is 12.1 Å². The Morgan fingerprint density at radius 3 is 2.88 bits per heavy atom. The number of aliphatic hydroxyl groups excluding tert-OH is 1. The number of hydrogen-bond acceptors (Lipinski definition) is 3. The van der Waals surface area contributed by atoms with Crippen LogP contribution in [0, 0.1) is 0 Å². The van der Waals surface area contributed by atoms with Gasteiger partial charge < -0.3 is 9.84 Å². The summed E-state index contributed by atoms with van der Waals surface area (Å²) in [6.07, 6.45) is 3.49. The average molecular weight is 218 g/mol. The first-order chi connectivity index (χ1) is 7.83. The summed E-state index contributed by atoms with van der Waals surface area (Å²) >= 11 is 0. The minimum absolute atomic E-state index is 0.0297. The maximum Gasteiger partial charge on any atom is 0.165 e. The van der Waals surface area contributed by atoms with Gasteiger partial charge >= 0.3 is 0 Å². The number of ether oxygens (including phenoxy) is 1. The Morgan fingerprint density at radius 2 is 2.19 bits per heavy atom. The molecule has 1 aromatic carbocycles. The highest BCUT2D eigenvalue weighted by Gasteiger charge is 2.04. The quantitative estimate of drug-likeness (QED) is 0.855. The zero-order valence-corrected chi connectivity index (χ0v) is 9.13. The molecule has 4 heteroatoms. The first-order valence-corrected chi connectivity index (χ1v) is 5.22. The van der Waals surface area contributed by atoms with Crippen LogP contribution in [0.2, 0.25) is 0 Å². The van der Waals surface area contributed by atoms with Crippen molar-refractivity contribution in [2.75, 3.05) is 0 Å². The average Bonchev–Trinajstić information content (AvgIpc) is 2.77. The first-order valence-electron chi connectivity index (χ1n) is 5.22. The van der Waals surface area contributed by atoms with Crippen molar-refractivity contribution in [1.29, 1.82) is 0 Å². The van der Waals surface area contributed by atoms with E-state index in [-0.39, 0.29) is 6.61 Å². The van der Waals surface area contributed by atoms with Gasteiger partial charge in [0.1, 0.15) is 5.75 Å². The van der Waals surface area contributed by atoms with Gasteiger partial charge in [-0.1, -0.05) is 18.2 Å². The van der Waals surface area contributed by atoms with Crippen molar-refractivity contribution < 1.29 is 9.84 Å². The third-order valence-electron chi connectivity index (χ3n) is 2.30. The van der Waals surface area contributed by atoms with Crippen LogP contribution in [-0.4, -0.2) is 14.9 Å². The van der Waals surface area contributed by atoms with Gasteiger partial charge in [0, 0.05) is 12.1 Å². The van der Waals surface area contributed by atoms with Crippen LogP contribution in [0.1, 0.15) is 12.5 Å². The Balaban J connectivity index is 2.19. The normalized spacial score (nSPS) is 10.4. The molecule has 0 saturated carbocycles. The van der Waals surface area contributed by atoms with E-state index < -0.39 is 0 Å². The molecule has 0 saturated heterocycles. The van der Waals surface area contributed by atoms with Crippen molar-refractivity contribution in [2.45, 2.75) is 20.1 Å². The van der Waals surface area contributed by atoms with Gasteiger partial charge in [-0.2, -0.15) is 5.10 Å². The zero-order chi connectivity index (χ0) is 11.4. The van der Waals surface area contributed by atoms with Gasteiger partial charge in [0.2, 0.25) is 0 Å². The number of benzene rings is 1. The summed E-state index contributed by atoms with van der Waals surface area (Å²) < 4.78 is 7.43. The van der Waals surface area contributed by atoms with Crippen LogP contribution in [0.5, 0.6) is 11.5 Å². The first kappa shape index (κ1) is 10.7. The highest BCUT2D eigenvalue weighted by molar-refractivity contribution is 5.36. The van der Waals surface area contributed by atoms with Crippen LogP contribution >= 0.6 is 0 Å². The van der Waals surface area contributed by atoms with E-state index in [2.05, 4.69) is 5.10 Å². The van der Waals surface area contributed by atoms with Crippen molar-refractivity contribution in [3.8, 4) is 11.5 Å². The lowest BCUT2D eigenvalue weighted by molar-refractivity contribution is 0.276. The van der Waals surface area contributed by atoms with Crippen LogP contribution in [0.15, 0.2) is 36.7 Å². The lowest BCUT2D eigenvalue weighted by atomic mass is 10.2. The van der Waals surface area contributed by atoms with Gasteiger partial charge in [-0.05, 0) is 13.0 Å². The Bertz CT molecular complexity index is 466. The third kappa shape index (κ3) is 2.23. The summed E-state index contributed by atoms with van der Waals surface area (Å²) in [6.45, 7) is 2.79. The van der Waals surface area contributed by atoms with Gasteiger partial charge in [-0.25, -0.2) is 0 Å². The highest BCUT2D eigenvalue weighted by atomic mass is 16.5. The molecule has 0 amide bonds. The molecule has 1 aromatic heterocycles. The molecule has 2 aromatic rings. The molecule has 0 fully saturated rings. The monoisotopic (exact) mass is 218 g/mol. The largest absolute Gasteiger partial charge is 0.454 e. The summed E-state index contributed by atoms with van der Waals surface area (Å²) in [4.78, 5) is 0. The van der Waals surface area contributed by atoms with Crippen LogP contribution in [0.4, 0.5) is 0 Å². The predicted molar refractivity (Wildman–Crippen MR) is 60.3 cm³/mol. The molecule has 16 heavy (non-hydrogen) atoms. The lowest BCUT2D eigenvalue weighted by Crippen LogP contribution is -1.92. The lowest BCUT2D eigenvalue weighted by Gasteiger charge is -2.06. The molecule has 1 N–H and O–H groups in total. The van der Waals surface area contributed by atoms with Crippen molar-refractivity contribution in [3.05, 3.63) is 42.2 Å². The summed E-state index contributed by atoms with van der Waals surface area (Å²) in [5.41, 5.74) is 0.770.